The molecule has 0 saturated heterocycles. The predicted molar refractivity (Wildman–Crippen MR) is 115 cm³/mol. The van der Waals surface area contributed by atoms with Crippen LogP contribution in [0, 0.1) is 6.92 Å². The Morgan fingerprint density at radius 2 is 1.77 bits per heavy atom. The van der Waals surface area contributed by atoms with Crippen LogP contribution in [0.3, 0.4) is 0 Å². The zero-order valence-electron chi connectivity index (χ0n) is 17.9. The average Bonchev–Trinajstić information content (AvgIpc) is 2.71. The second-order valence-electron chi connectivity index (χ2n) is 7.36. The first-order valence-electron chi connectivity index (χ1n) is 9.90. The highest BCUT2D eigenvalue weighted by Gasteiger charge is 2.17. The molecule has 0 N–H and O–H groups in total. The fourth-order valence-corrected chi connectivity index (χ4v) is 3.13. The third-order valence-electron chi connectivity index (χ3n) is 4.63. The number of ether oxygens (including phenoxy) is 3. The smallest absolute Gasteiger partial charge is 0.343 e. The molecule has 0 bridgehead atoms. The van der Waals surface area contributed by atoms with Gasteiger partial charge in [0.2, 0.25) is 0 Å². The number of hydrogen-bond donors (Lipinski definition) is 0. The molecule has 1 aromatic heterocycles. The van der Waals surface area contributed by atoms with Crippen LogP contribution < -0.4 is 15.1 Å². The minimum Gasteiger partial charge on any atom is -0.497 e. The molecule has 2 aromatic carbocycles. The van der Waals surface area contributed by atoms with Crippen molar-refractivity contribution in [3.63, 3.8) is 0 Å². The molecule has 0 amide bonds. The largest absolute Gasteiger partial charge is 0.497 e. The summed E-state index contributed by atoms with van der Waals surface area (Å²) in [7, 11) is 1.54. The Morgan fingerprint density at radius 3 is 2.42 bits per heavy atom. The number of carbonyl (C=O) groups is 2. The van der Waals surface area contributed by atoms with Crippen LogP contribution in [0.1, 0.15) is 41.8 Å². The van der Waals surface area contributed by atoms with Gasteiger partial charge in [0.1, 0.15) is 17.1 Å². The number of aryl methyl sites for hydroxylation is 2. The van der Waals surface area contributed by atoms with Crippen molar-refractivity contribution >= 4 is 22.9 Å². The number of methoxy groups -OCH3 is 1. The molecule has 0 aliphatic heterocycles. The highest BCUT2D eigenvalue weighted by Crippen LogP contribution is 2.29. The topological polar surface area (TPSA) is 92.0 Å². The van der Waals surface area contributed by atoms with Gasteiger partial charge in [0, 0.05) is 23.9 Å². The van der Waals surface area contributed by atoms with Gasteiger partial charge in [0.25, 0.3) is 0 Å². The van der Waals surface area contributed by atoms with E-state index < -0.39 is 11.6 Å². The van der Waals surface area contributed by atoms with Crippen molar-refractivity contribution in [1.82, 2.24) is 0 Å². The van der Waals surface area contributed by atoms with Gasteiger partial charge in [-0.3, -0.25) is 4.79 Å². The Bertz CT molecular complexity index is 1160. The van der Waals surface area contributed by atoms with Crippen LogP contribution in [-0.4, -0.2) is 25.2 Å². The lowest BCUT2D eigenvalue weighted by molar-refractivity contribution is -0.147. The zero-order valence-corrected chi connectivity index (χ0v) is 17.9. The van der Waals surface area contributed by atoms with E-state index in [1.807, 2.05) is 0 Å². The van der Waals surface area contributed by atoms with E-state index in [4.69, 9.17) is 18.6 Å². The van der Waals surface area contributed by atoms with Gasteiger partial charge in [0.05, 0.1) is 18.8 Å². The summed E-state index contributed by atoms with van der Waals surface area (Å²) in [5.41, 5.74) is 1.50. The summed E-state index contributed by atoms with van der Waals surface area (Å²) < 4.78 is 21.2. The summed E-state index contributed by atoms with van der Waals surface area (Å²) >= 11 is 0. The lowest BCUT2D eigenvalue weighted by Gasteiger charge is -2.13. The summed E-state index contributed by atoms with van der Waals surface area (Å²) in [4.78, 5) is 36.5. The first kappa shape index (κ1) is 22.1. The van der Waals surface area contributed by atoms with Crippen molar-refractivity contribution in [3.05, 3.63) is 69.6 Å². The van der Waals surface area contributed by atoms with E-state index in [2.05, 4.69) is 0 Å². The van der Waals surface area contributed by atoms with E-state index in [1.165, 1.54) is 19.2 Å². The average molecular weight is 424 g/mol. The molecule has 0 spiro atoms. The maximum absolute atomic E-state index is 12.7. The first-order valence-corrected chi connectivity index (χ1v) is 9.90. The van der Waals surface area contributed by atoms with Crippen molar-refractivity contribution in [2.24, 2.45) is 0 Å². The molecule has 7 heteroatoms. The molecule has 0 atom stereocenters. The monoisotopic (exact) mass is 424 g/mol. The second-order valence-corrected chi connectivity index (χ2v) is 7.36. The fourth-order valence-electron chi connectivity index (χ4n) is 3.13. The highest BCUT2D eigenvalue weighted by atomic mass is 16.5. The summed E-state index contributed by atoms with van der Waals surface area (Å²) in [6.07, 6.45) is 0.200. The van der Waals surface area contributed by atoms with E-state index in [0.29, 0.717) is 34.3 Å². The quantitative estimate of drug-likeness (QED) is 0.319. The maximum Gasteiger partial charge on any atom is 0.343 e. The van der Waals surface area contributed by atoms with Gasteiger partial charge in [-0.1, -0.05) is 0 Å². The van der Waals surface area contributed by atoms with Crippen molar-refractivity contribution in [3.8, 4) is 11.5 Å². The van der Waals surface area contributed by atoms with Crippen LogP contribution in [0.2, 0.25) is 0 Å². The molecule has 1 heterocycles. The van der Waals surface area contributed by atoms with Gasteiger partial charge in [-0.15, -0.1) is 0 Å². The summed E-state index contributed by atoms with van der Waals surface area (Å²) in [6, 6.07) is 11.2. The number of esters is 2. The van der Waals surface area contributed by atoms with E-state index in [-0.39, 0.29) is 24.2 Å². The van der Waals surface area contributed by atoms with Crippen LogP contribution in [0.5, 0.6) is 11.5 Å². The molecule has 3 aromatic rings. The Labute approximate surface area is 179 Å². The number of carbonyl (C=O) groups excluding carboxylic acids is 2. The van der Waals surface area contributed by atoms with Crippen LogP contribution in [0.15, 0.2) is 51.7 Å². The normalized spacial score (nSPS) is 10.9. The van der Waals surface area contributed by atoms with Gasteiger partial charge in [-0.05, 0) is 68.7 Å². The Hall–Kier alpha value is -3.61. The molecule has 0 radical (unpaired) electrons. The maximum atomic E-state index is 12.7. The Balaban J connectivity index is 1.94. The zero-order chi connectivity index (χ0) is 22.5. The van der Waals surface area contributed by atoms with Gasteiger partial charge < -0.3 is 18.6 Å². The molecular formula is C24H24O7. The molecule has 0 fully saturated rings. The minimum absolute atomic E-state index is 0.118. The van der Waals surface area contributed by atoms with Crippen molar-refractivity contribution in [1.29, 1.82) is 0 Å². The predicted octanol–water partition coefficient (Wildman–Crippen LogP) is 4.21. The number of rotatable bonds is 7. The van der Waals surface area contributed by atoms with Crippen molar-refractivity contribution < 1.29 is 28.2 Å². The fraction of sp³-hybridized carbons (Fsp3) is 0.292. The third-order valence-corrected chi connectivity index (χ3v) is 4.63. The first-order chi connectivity index (χ1) is 14.8. The van der Waals surface area contributed by atoms with E-state index in [0.717, 1.165) is 5.56 Å². The SMILES string of the molecule is COc1ccc(C(=O)Oc2cc3oc(=O)cc(C)c3cc2CCC(=O)OC(C)C)cc1. The Kier molecular flexibility index (Phi) is 6.74. The van der Waals surface area contributed by atoms with E-state index in [9.17, 15) is 14.4 Å². The number of hydrogen-bond acceptors (Lipinski definition) is 7. The lowest BCUT2D eigenvalue weighted by atomic mass is 10.0. The van der Waals surface area contributed by atoms with Gasteiger partial charge >= 0.3 is 17.6 Å². The number of fused-ring (bicyclic) bond motifs is 1. The van der Waals surface area contributed by atoms with Gasteiger partial charge in [0.15, 0.2) is 0 Å². The molecule has 0 saturated carbocycles. The van der Waals surface area contributed by atoms with Gasteiger partial charge in [-0.25, -0.2) is 9.59 Å². The standard InChI is InChI=1S/C24H24O7/c1-14(2)29-22(25)10-7-17-12-19-15(3)11-23(26)30-21(19)13-20(17)31-24(27)16-5-8-18(28-4)9-6-16/h5-6,8-9,11-14H,7,10H2,1-4H3. The second kappa shape index (κ2) is 9.47. The molecular weight excluding hydrogens is 400 g/mol. The van der Waals surface area contributed by atoms with Crippen molar-refractivity contribution in [2.45, 2.75) is 39.7 Å². The molecule has 31 heavy (non-hydrogen) atoms. The molecule has 0 unspecified atom stereocenters. The molecule has 7 nitrogen and oxygen atoms in total. The van der Waals surface area contributed by atoms with Crippen LogP contribution in [0.4, 0.5) is 0 Å². The highest BCUT2D eigenvalue weighted by molar-refractivity contribution is 5.92. The molecule has 3 rings (SSSR count). The van der Waals surface area contributed by atoms with Crippen LogP contribution >= 0.6 is 0 Å². The van der Waals surface area contributed by atoms with E-state index in [1.54, 1.807) is 51.1 Å². The van der Waals surface area contributed by atoms with Crippen molar-refractivity contribution in [2.75, 3.05) is 7.11 Å². The lowest BCUT2D eigenvalue weighted by Crippen LogP contribution is -2.13. The van der Waals surface area contributed by atoms with E-state index >= 15 is 0 Å². The molecule has 0 aliphatic carbocycles. The molecule has 162 valence electrons. The van der Waals surface area contributed by atoms with Crippen LogP contribution in [-0.2, 0) is 16.0 Å². The summed E-state index contributed by atoms with van der Waals surface area (Å²) in [6.45, 7) is 5.35. The van der Waals surface area contributed by atoms with Gasteiger partial charge in [-0.2, -0.15) is 0 Å². The summed E-state index contributed by atoms with van der Waals surface area (Å²) in [5.74, 6) is -0.0925. The minimum atomic E-state index is -0.581. The van der Waals surface area contributed by atoms with Crippen LogP contribution in [0.25, 0.3) is 11.0 Å². The third kappa shape index (κ3) is 5.51. The molecule has 0 aliphatic rings. The number of benzene rings is 2. The Morgan fingerprint density at radius 1 is 1.06 bits per heavy atom. The summed E-state index contributed by atoms with van der Waals surface area (Å²) in [5, 5.41) is 0.705.